The molecule has 2 heterocycles. The van der Waals surface area contributed by atoms with E-state index < -0.39 is 11.7 Å². The van der Waals surface area contributed by atoms with Crippen LogP contribution in [0.3, 0.4) is 0 Å². The predicted octanol–water partition coefficient (Wildman–Crippen LogP) is 2.34. The van der Waals surface area contributed by atoms with E-state index in [0.717, 1.165) is 51.3 Å². The number of carbonyl (C=O) groups excluding carboxylic acids is 1. The fraction of sp³-hybridized carbons (Fsp3) is 0.444. The lowest BCUT2D eigenvalue weighted by Gasteiger charge is -2.26. The average molecular weight is 418 g/mol. The highest BCUT2D eigenvalue weighted by molar-refractivity contribution is 5.92. The van der Waals surface area contributed by atoms with E-state index in [1.165, 1.54) is 29.1 Å². The average Bonchev–Trinajstić information content (AvgIpc) is 3.16. The van der Waals surface area contributed by atoms with Gasteiger partial charge in [-0.1, -0.05) is 6.07 Å². The van der Waals surface area contributed by atoms with Crippen molar-refractivity contribution >= 4 is 18.3 Å². The van der Waals surface area contributed by atoms with Crippen molar-refractivity contribution in [3.05, 3.63) is 47.8 Å². The minimum Gasteiger partial charge on any atom is -0.351 e. The third-order valence-corrected chi connectivity index (χ3v) is 4.41. The van der Waals surface area contributed by atoms with Gasteiger partial charge in [0.2, 0.25) is 0 Å². The van der Waals surface area contributed by atoms with Crippen molar-refractivity contribution in [3.63, 3.8) is 0 Å². The molecule has 1 aliphatic rings. The minimum atomic E-state index is -4.42. The second-order valence-electron chi connectivity index (χ2n) is 6.39. The van der Waals surface area contributed by atoms with Crippen LogP contribution in [-0.4, -0.2) is 59.9 Å². The number of carbonyl (C=O) groups is 1. The Labute approximate surface area is 167 Å². The van der Waals surface area contributed by atoms with Gasteiger partial charge in [-0.2, -0.15) is 18.3 Å². The summed E-state index contributed by atoms with van der Waals surface area (Å²) in [4.78, 5) is 14.5. The van der Waals surface area contributed by atoms with Crippen LogP contribution < -0.4 is 10.6 Å². The molecular weight excluding hydrogens is 395 g/mol. The fourth-order valence-corrected chi connectivity index (χ4v) is 2.94. The Balaban J connectivity index is 0.00000280. The molecule has 3 rings (SSSR count). The Hall–Kier alpha value is -2.10. The summed E-state index contributed by atoms with van der Waals surface area (Å²) in [6, 6.07) is 6.32. The molecule has 1 aromatic heterocycles. The van der Waals surface area contributed by atoms with E-state index in [2.05, 4.69) is 20.6 Å². The molecule has 0 saturated carbocycles. The fourth-order valence-electron chi connectivity index (χ4n) is 2.94. The van der Waals surface area contributed by atoms with E-state index in [1.54, 1.807) is 0 Å². The topological polar surface area (TPSA) is 62.2 Å². The normalized spacial score (nSPS) is 15.1. The first-order valence-electron chi connectivity index (χ1n) is 8.88. The summed E-state index contributed by atoms with van der Waals surface area (Å²) in [5.41, 5.74) is -0.327. The van der Waals surface area contributed by atoms with Crippen LogP contribution in [0.2, 0.25) is 0 Å². The second-order valence-corrected chi connectivity index (χ2v) is 6.39. The molecule has 0 bridgehead atoms. The first kappa shape index (κ1) is 22.2. The van der Waals surface area contributed by atoms with Gasteiger partial charge < -0.3 is 15.5 Å². The maximum absolute atomic E-state index is 12.8. The number of piperazine rings is 1. The summed E-state index contributed by atoms with van der Waals surface area (Å²) in [5, 5.41) is 10.2. The number of hydrogen-bond donors (Lipinski definition) is 2. The lowest BCUT2D eigenvalue weighted by molar-refractivity contribution is -0.137. The number of halogens is 4. The van der Waals surface area contributed by atoms with Crippen molar-refractivity contribution in [2.45, 2.75) is 12.6 Å². The SMILES string of the molecule is Cl.O=C(NCCCN1CCNCC1)c1ccn(-c2cccc(C(F)(F)F)c2)n1. The molecule has 0 radical (unpaired) electrons. The number of benzene rings is 1. The maximum atomic E-state index is 12.8. The zero-order chi connectivity index (χ0) is 19.3. The van der Waals surface area contributed by atoms with Gasteiger partial charge in [0.15, 0.2) is 5.69 Å². The number of rotatable bonds is 6. The summed E-state index contributed by atoms with van der Waals surface area (Å²) in [5.74, 6) is -0.332. The molecule has 6 nitrogen and oxygen atoms in total. The van der Waals surface area contributed by atoms with Crippen molar-refractivity contribution in [3.8, 4) is 5.69 Å². The highest BCUT2D eigenvalue weighted by Crippen LogP contribution is 2.30. The molecular formula is C18H23ClF3N5O. The zero-order valence-electron chi connectivity index (χ0n) is 15.2. The van der Waals surface area contributed by atoms with Gasteiger partial charge in [0.05, 0.1) is 11.3 Å². The Bertz CT molecular complexity index is 775. The molecule has 0 spiro atoms. The molecule has 1 aliphatic heterocycles. The van der Waals surface area contributed by atoms with Gasteiger partial charge in [-0.25, -0.2) is 4.68 Å². The van der Waals surface area contributed by atoms with Gasteiger partial charge in [-0.3, -0.25) is 4.79 Å². The van der Waals surface area contributed by atoms with E-state index in [9.17, 15) is 18.0 Å². The van der Waals surface area contributed by atoms with Crippen molar-refractivity contribution in [2.24, 2.45) is 0 Å². The van der Waals surface area contributed by atoms with Crippen molar-refractivity contribution in [1.82, 2.24) is 25.3 Å². The summed E-state index contributed by atoms with van der Waals surface area (Å²) in [7, 11) is 0. The van der Waals surface area contributed by atoms with Crippen LogP contribution in [0.4, 0.5) is 13.2 Å². The Morgan fingerprint density at radius 3 is 2.68 bits per heavy atom. The lowest BCUT2D eigenvalue weighted by Crippen LogP contribution is -2.44. The largest absolute Gasteiger partial charge is 0.416 e. The van der Waals surface area contributed by atoms with Gasteiger partial charge in [0.1, 0.15) is 0 Å². The Morgan fingerprint density at radius 2 is 1.96 bits per heavy atom. The highest BCUT2D eigenvalue weighted by atomic mass is 35.5. The van der Waals surface area contributed by atoms with Crippen LogP contribution in [0.15, 0.2) is 36.5 Å². The number of nitrogens with one attached hydrogen (secondary N) is 2. The Morgan fingerprint density at radius 1 is 1.21 bits per heavy atom. The summed E-state index contributed by atoms with van der Waals surface area (Å²) >= 11 is 0. The third-order valence-electron chi connectivity index (χ3n) is 4.41. The first-order valence-corrected chi connectivity index (χ1v) is 8.88. The van der Waals surface area contributed by atoms with E-state index in [-0.39, 0.29) is 29.7 Å². The quantitative estimate of drug-likeness (QED) is 0.708. The summed E-state index contributed by atoms with van der Waals surface area (Å²) < 4.78 is 39.7. The van der Waals surface area contributed by atoms with Crippen LogP contribution in [0.1, 0.15) is 22.5 Å². The maximum Gasteiger partial charge on any atom is 0.416 e. The smallest absolute Gasteiger partial charge is 0.351 e. The van der Waals surface area contributed by atoms with Crippen LogP contribution in [0.25, 0.3) is 5.69 Å². The molecule has 1 amide bonds. The van der Waals surface area contributed by atoms with Crippen molar-refractivity contribution < 1.29 is 18.0 Å². The number of alkyl halides is 3. The molecule has 1 fully saturated rings. The third kappa shape index (κ3) is 5.95. The van der Waals surface area contributed by atoms with Gasteiger partial charge in [0.25, 0.3) is 5.91 Å². The van der Waals surface area contributed by atoms with Crippen LogP contribution in [0, 0.1) is 0 Å². The van der Waals surface area contributed by atoms with Crippen molar-refractivity contribution in [1.29, 1.82) is 0 Å². The molecule has 0 aliphatic carbocycles. The van der Waals surface area contributed by atoms with Crippen LogP contribution >= 0.6 is 12.4 Å². The minimum absolute atomic E-state index is 0. The molecule has 1 aromatic carbocycles. The van der Waals surface area contributed by atoms with Crippen LogP contribution in [-0.2, 0) is 6.18 Å². The number of hydrogen-bond acceptors (Lipinski definition) is 4. The second kappa shape index (κ2) is 9.90. The number of aromatic nitrogens is 2. The van der Waals surface area contributed by atoms with Gasteiger partial charge in [0, 0.05) is 38.9 Å². The summed E-state index contributed by atoms with van der Waals surface area (Å²) in [6.07, 6.45) is -2.11. The molecule has 154 valence electrons. The molecule has 2 N–H and O–H groups in total. The zero-order valence-corrected chi connectivity index (χ0v) is 16.0. The van der Waals surface area contributed by atoms with Gasteiger partial charge >= 0.3 is 6.18 Å². The molecule has 0 atom stereocenters. The monoisotopic (exact) mass is 417 g/mol. The van der Waals surface area contributed by atoms with E-state index in [1.807, 2.05) is 0 Å². The molecule has 10 heteroatoms. The van der Waals surface area contributed by atoms with E-state index in [4.69, 9.17) is 0 Å². The van der Waals surface area contributed by atoms with E-state index in [0.29, 0.717) is 6.54 Å². The molecule has 0 unspecified atom stereocenters. The lowest BCUT2D eigenvalue weighted by atomic mass is 10.2. The van der Waals surface area contributed by atoms with Crippen molar-refractivity contribution in [2.75, 3.05) is 39.3 Å². The predicted molar refractivity (Wildman–Crippen MR) is 102 cm³/mol. The standard InChI is InChI=1S/C18H22F3N5O.ClH/c19-18(20,21)14-3-1-4-15(13-14)26-10-5-16(24-26)17(27)23-6-2-9-25-11-7-22-8-12-25;/h1,3-5,10,13,22H,2,6-9,11-12H2,(H,23,27);1H. The molecule has 2 aromatic rings. The van der Waals surface area contributed by atoms with E-state index >= 15 is 0 Å². The molecule has 28 heavy (non-hydrogen) atoms. The number of amides is 1. The van der Waals surface area contributed by atoms with Gasteiger partial charge in [-0.15, -0.1) is 12.4 Å². The molecule has 1 saturated heterocycles. The summed E-state index contributed by atoms with van der Waals surface area (Å²) in [6.45, 7) is 5.43. The first-order chi connectivity index (χ1) is 12.9. The van der Waals surface area contributed by atoms with Crippen LogP contribution in [0.5, 0.6) is 0 Å². The highest BCUT2D eigenvalue weighted by Gasteiger charge is 2.30. The van der Waals surface area contributed by atoms with Gasteiger partial charge in [-0.05, 0) is 37.2 Å². The number of nitrogens with zero attached hydrogens (tertiary/aromatic N) is 3. The Kier molecular flexibility index (Phi) is 7.85.